The van der Waals surface area contributed by atoms with Gasteiger partial charge in [-0.05, 0) is 45.0 Å². The lowest BCUT2D eigenvalue weighted by Crippen LogP contribution is -2.32. The third kappa shape index (κ3) is 3.56. The zero-order valence-corrected chi connectivity index (χ0v) is 12.6. The molecular formula is C15H19ClN2O2. The summed E-state index contributed by atoms with van der Waals surface area (Å²) in [5, 5.41) is 9.35. The van der Waals surface area contributed by atoms with Gasteiger partial charge in [0.05, 0.1) is 30.4 Å². The maximum absolute atomic E-state index is 8.92. The van der Waals surface area contributed by atoms with Crippen molar-refractivity contribution in [3.63, 3.8) is 0 Å². The highest BCUT2D eigenvalue weighted by molar-refractivity contribution is 6.32. The molecule has 108 valence electrons. The van der Waals surface area contributed by atoms with Crippen molar-refractivity contribution in [2.45, 2.75) is 12.8 Å². The van der Waals surface area contributed by atoms with Gasteiger partial charge in [-0.1, -0.05) is 11.6 Å². The van der Waals surface area contributed by atoms with Crippen molar-refractivity contribution in [2.75, 3.05) is 33.9 Å². The van der Waals surface area contributed by atoms with Crippen LogP contribution in [-0.4, -0.2) is 38.8 Å². The minimum Gasteiger partial charge on any atom is -0.493 e. The molecule has 0 atom stereocenters. The van der Waals surface area contributed by atoms with Crippen LogP contribution in [0.1, 0.15) is 18.4 Å². The smallest absolute Gasteiger partial charge is 0.179 e. The summed E-state index contributed by atoms with van der Waals surface area (Å²) in [5.41, 5.74) is 0.471. The normalized spacial score (nSPS) is 16.7. The summed E-state index contributed by atoms with van der Waals surface area (Å²) in [4.78, 5) is 2.33. The third-order valence-corrected chi connectivity index (χ3v) is 3.94. The highest BCUT2D eigenvalue weighted by atomic mass is 35.5. The van der Waals surface area contributed by atoms with E-state index in [1.165, 1.54) is 0 Å². The van der Waals surface area contributed by atoms with E-state index in [1.807, 2.05) is 0 Å². The molecule has 1 fully saturated rings. The fraction of sp³-hybridized carbons (Fsp3) is 0.533. The van der Waals surface area contributed by atoms with Crippen molar-refractivity contribution in [3.05, 3.63) is 22.7 Å². The number of benzene rings is 1. The van der Waals surface area contributed by atoms with Crippen LogP contribution in [0.3, 0.4) is 0 Å². The average molecular weight is 295 g/mol. The van der Waals surface area contributed by atoms with Gasteiger partial charge in [0.25, 0.3) is 0 Å². The van der Waals surface area contributed by atoms with Gasteiger partial charge in [0, 0.05) is 6.07 Å². The highest BCUT2D eigenvalue weighted by Crippen LogP contribution is 2.36. The van der Waals surface area contributed by atoms with Gasteiger partial charge in [0.2, 0.25) is 0 Å². The van der Waals surface area contributed by atoms with Crippen LogP contribution >= 0.6 is 11.6 Å². The second-order valence-electron chi connectivity index (χ2n) is 5.16. The van der Waals surface area contributed by atoms with Crippen LogP contribution in [0.25, 0.3) is 0 Å². The lowest BCUT2D eigenvalue weighted by molar-refractivity contribution is 0.157. The molecular weight excluding hydrogens is 276 g/mol. The number of rotatable bonds is 4. The van der Waals surface area contributed by atoms with Crippen molar-refractivity contribution in [1.82, 2.24) is 4.90 Å². The third-order valence-electron chi connectivity index (χ3n) is 3.66. The Balaban J connectivity index is 2.04. The molecule has 5 heteroatoms. The number of ether oxygens (including phenoxy) is 2. The minimum atomic E-state index is 0.425. The van der Waals surface area contributed by atoms with Crippen molar-refractivity contribution in [1.29, 1.82) is 5.26 Å². The Hall–Kier alpha value is -1.44. The summed E-state index contributed by atoms with van der Waals surface area (Å²) in [7, 11) is 3.69. The second kappa shape index (κ2) is 6.83. The van der Waals surface area contributed by atoms with E-state index in [9.17, 15) is 0 Å². The SMILES string of the molecule is COc1cc(C#N)cc(Cl)c1OCC1CCN(C)CC1. The number of nitriles is 1. The number of methoxy groups -OCH3 is 1. The molecule has 0 bridgehead atoms. The zero-order valence-electron chi connectivity index (χ0n) is 11.9. The van der Waals surface area contributed by atoms with E-state index in [2.05, 4.69) is 18.0 Å². The van der Waals surface area contributed by atoms with Crippen LogP contribution in [0.15, 0.2) is 12.1 Å². The topological polar surface area (TPSA) is 45.5 Å². The predicted octanol–water partition coefficient (Wildman–Crippen LogP) is 2.94. The Kier molecular flexibility index (Phi) is 5.11. The molecule has 4 nitrogen and oxygen atoms in total. The number of hydrogen-bond donors (Lipinski definition) is 0. The Labute approximate surface area is 124 Å². The van der Waals surface area contributed by atoms with E-state index in [4.69, 9.17) is 26.3 Å². The molecule has 0 amide bonds. The standard InChI is InChI=1S/C15H19ClN2O2/c1-18-5-3-11(4-6-18)10-20-15-13(16)7-12(9-17)8-14(15)19-2/h7-8,11H,3-6,10H2,1-2H3. The van der Waals surface area contributed by atoms with Crippen LogP contribution in [-0.2, 0) is 0 Å². The van der Waals surface area contributed by atoms with E-state index in [-0.39, 0.29) is 0 Å². The highest BCUT2D eigenvalue weighted by Gasteiger charge is 2.19. The molecule has 1 aromatic carbocycles. The first-order valence-corrected chi connectivity index (χ1v) is 7.10. The van der Waals surface area contributed by atoms with Crippen LogP contribution in [0.4, 0.5) is 0 Å². The molecule has 1 heterocycles. The Morgan fingerprint density at radius 2 is 2.10 bits per heavy atom. The number of hydrogen-bond acceptors (Lipinski definition) is 4. The summed E-state index contributed by atoms with van der Waals surface area (Å²) in [6.07, 6.45) is 2.26. The van der Waals surface area contributed by atoms with E-state index in [0.717, 1.165) is 25.9 Å². The van der Waals surface area contributed by atoms with Crippen molar-refractivity contribution in [2.24, 2.45) is 5.92 Å². The van der Waals surface area contributed by atoms with E-state index >= 15 is 0 Å². The average Bonchev–Trinajstić information content (AvgIpc) is 2.47. The Morgan fingerprint density at radius 1 is 1.40 bits per heavy atom. The summed E-state index contributed by atoms with van der Waals surface area (Å²) in [6.45, 7) is 2.84. The molecule has 0 spiro atoms. The Bertz CT molecular complexity index is 505. The van der Waals surface area contributed by atoms with Gasteiger partial charge in [-0.2, -0.15) is 5.26 Å². The monoisotopic (exact) mass is 294 g/mol. The molecule has 0 unspecified atom stereocenters. The summed E-state index contributed by atoms with van der Waals surface area (Å²) in [5.74, 6) is 1.59. The molecule has 1 saturated heterocycles. The van der Waals surface area contributed by atoms with Crippen LogP contribution in [0.2, 0.25) is 5.02 Å². The molecule has 0 radical (unpaired) electrons. The van der Waals surface area contributed by atoms with Gasteiger partial charge in [-0.3, -0.25) is 0 Å². The maximum Gasteiger partial charge on any atom is 0.179 e. The first-order chi connectivity index (χ1) is 9.63. The molecule has 1 aliphatic heterocycles. The van der Waals surface area contributed by atoms with E-state index < -0.39 is 0 Å². The molecule has 1 aromatic rings. The molecule has 0 N–H and O–H groups in total. The van der Waals surface area contributed by atoms with Gasteiger partial charge >= 0.3 is 0 Å². The summed E-state index contributed by atoms with van der Waals surface area (Å²) < 4.78 is 11.1. The predicted molar refractivity (Wildman–Crippen MR) is 78.4 cm³/mol. The Morgan fingerprint density at radius 3 is 2.70 bits per heavy atom. The van der Waals surface area contributed by atoms with E-state index in [0.29, 0.717) is 34.6 Å². The van der Waals surface area contributed by atoms with Crippen LogP contribution in [0, 0.1) is 17.2 Å². The number of likely N-dealkylation sites (tertiary alicyclic amines) is 1. The molecule has 20 heavy (non-hydrogen) atoms. The fourth-order valence-corrected chi connectivity index (χ4v) is 2.62. The quantitative estimate of drug-likeness (QED) is 0.856. The van der Waals surface area contributed by atoms with Gasteiger partial charge in [-0.15, -0.1) is 0 Å². The lowest BCUT2D eigenvalue weighted by atomic mass is 9.98. The molecule has 1 aliphatic rings. The first-order valence-electron chi connectivity index (χ1n) is 6.73. The van der Waals surface area contributed by atoms with Gasteiger partial charge < -0.3 is 14.4 Å². The molecule has 0 aromatic heterocycles. The largest absolute Gasteiger partial charge is 0.493 e. The molecule has 0 saturated carbocycles. The van der Waals surface area contributed by atoms with E-state index in [1.54, 1.807) is 19.2 Å². The van der Waals surface area contributed by atoms with Gasteiger partial charge in [0.1, 0.15) is 0 Å². The lowest BCUT2D eigenvalue weighted by Gasteiger charge is -2.29. The summed E-state index contributed by atoms with van der Waals surface area (Å²) in [6, 6.07) is 5.31. The first kappa shape index (κ1) is 15.0. The molecule has 0 aliphatic carbocycles. The summed E-state index contributed by atoms with van der Waals surface area (Å²) >= 11 is 6.17. The van der Waals surface area contributed by atoms with Crippen LogP contribution in [0.5, 0.6) is 11.5 Å². The number of nitrogens with zero attached hydrogens (tertiary/aromatic N) is 2. The zero-order chi connectivity index (χ0) is 14.5. The second-order valence-corrected chi connectivity index (χ2v) is 5.57. The van der Waals surface area contributed by atoms with Crippen molar-refractivity contribution >= 4 is 11.6 Å². The number of piperidine rings is 1. The van der Waals surface area contributed by atoms with Crippen molar-refractivity contribution < 1.29 is 9.47 Å². The fourth-order valence-electron chi connectivity index (χ4n) is 2.35. The molecule has 2 rings (SSSR count). The van der Waals surface area contributed by atoms with Gasteiger partial charge in [0.15, 0.2) is 11.5 Å². The van der Waals surface area contributed by atoms with Gasteiger partial charge in [-0.25, -0.2) is 0 Å². The number of halogens is 1. The minimum absolute atomic E-state index is 0.425. The van der Waals surface area contributed by atoms with Crippen molar-refractivity contribution in [3.8, 4) is 17.6 Å². The van der Waals surface area contributed by atoms with Crippen LogP contribution < -0.4 is 9.47 Å². The maximum atomic E-state index is 8.92.